The first-order chi connectivity index (χ1) is 9.04. The molecule has 5 nitrogen and oxygen atoms in total. The molecule has 0 spiro atoms. The van der Waals surface area contributed by atoms with Gasteiger partial charge in [-0.05, 0) is 12.5 Å². The zero-order valence-electron chi connectivity index (χ0n) is 10.2. The van der Waals surface area contributed by atoms with E-state index in [2.05, 4.69) is 10.3 Å². The molecule has 1 amide bonds. The predicted octanol–water partition coefficient (Wildman–Crippen LogP) is 2.33. The zero-order valence-corrected chi connectivity index (χ0v) is 11.0. The molecule has 2 aromatic rings. The Balaban J connectivity index is 1.97. The molecule has 6 heteroatoms. The van der Waals surface area contributed by atoms with Gasteiger partial charge in [0.2, 0.25) is 5.91 Å². The van der Waals surface area contributed by atoms with E-state index in [-0.39, 0.29) is 17.2 Å². The molecule has 0 aliphatic carbocycles. The minimum absolute atomic E-state index is 0.102. The van der Waals surface area contributed by atoms with Crippen LogP contribution in [0.2, 0.25) is 0 Å². The number of rotatable bonds is 4. The van der Waals surface area contributed by atoms with Gasteiger partial charge in [0.15, 0.2) is 5.13 Å². The van der Waals surface area contributed by atoms with Crippen LogP contribution in [0.15, 0.2) is 30.5 Å². The van der Waals surface area contributed by atoms with Crippen molar-refractivity contribution in [3.63, 3.8) is 0 Å². The fraction of sp³-hybridized carbons (Fsp3) is 0.154. The lowest BCUT2D eigenvalue weighted by Gasteiger charge is -2.02. The Hall–Kier alpha value is -2.21. The van der Waals surface area contributed by atoms with E-state index in [1.807, 2.05) is 31.2 Å². The third kappa shape index (κ3) is 3.62. The average molecular weight is 276 g/mol. The Morgan fingerprint density at radius 1 is 1.32 bits per heavy atom. The maximum atomic E-state index is 11.8. The summed E-state index contributed by atoms with van der Waals surface area (Å²) in [7, 11) is 0. The summed E-state index contributed by atoms with van der Waals surface area (Å²) < 4.78 is 0. The molecule has 0 atom stereocenters. The number of benzene rings is 1. The lowest BCUT2D eigenvalue weighted by Crippen LogP contribution is -2.14. The normalized spacial score (nSPS) is 10.2. The summed E-state index contributed by atoms with van der Waals surface area (Å²) in [6, 6.07) is 7.65. The maximum Gasteiger partial charge on any atom is 0.347 e. The van der Waals surface area contributed by atoms with Crippen LogP contribution in [0.1, 0.15) is 20.8 Å². The second-order valence-corrected chi connectivity index (χ2v) is 5.08. The van der Waals surface area contributed by atoms with E-state index in [9.17, 15) is 9.59 Å². The number of thiazole rings is 1. The van der Waals surface area contributed by atoms with Crippen LogP contribution >= 0.6 is 11.3 Å². The fourth-order valence-electron chi connectivity index (χ4n) is 1.49. The van der Waals surface area contributed by atoms with Crippen LogP contribution in [0.3, 0.4) is 0 Å². The third-order valence-corrected chi connectivity index (χ3v) is 3.35. The standard InChI is InChI=1S/C13H12N2O3S/c1-8-2-4-9(5-3-8)6-11(16)15-13-14-7-10(19-13)12(17)18/h2-5,7H,6H2,1H3,(H,17,18)(H,14,15,16). The Morgan fingerprint density at radius 3 is 2.58 bits per heavy atom. The van der Waals surface area contributed by atoms with Gasteiger partial charge >= 0.3 is 5.97 Å². The summed E-state index contributed by atoms with van der Waals surface area (Å²) in [6.07, 6.45) is 1.47. The predicted molar refractivity (Wildman–Crippen MR) is 72.6 cm³/mol. The van der Waals surface area contributed by atoms with Crippen molar-refractivity contribution in [2.45, 2.75) is 13.3 Å². The fourth-order valence-corrected chi connectivity index (χ4v) is 2.16. The zero-order chi connectivity index (χ0) is 13.8. The van der Waals surface area contributed by atoms with Gasteiger partial charge in [0.1, 0.15) is 4.88 Å². The van der Waals surface area contributed by atoms with Gasteiger partial charge in [-0.25, -0.2) is 9.78 Å². The van der Waals surface area contributed by atoms with Gasteiger partial charge in [-0.15, -0.1) is 0 Å². The largest absolute Gasteiger partial charge is 0.477 e. The van der Waals surface area contributed by atoms with E-state index in [1.54, 1.807) is 0 Å². The molecule has 1 aromatic carbocycles. The van der Waals surface area contributed by atoms with Crippen molar-refractivity contribution in [3.05, 3.63) is 46.5 Å². The van der Waals surface area contributed by atoms with Gasteiger partial charge in [-0.2, -0.15) is 0 Å². The number of carboxylic acid groups (broad SMARTS) is 1. The minimum atomic E-state index is -1.04. The molecule has 0 saturated heterocycles. The number of anilines is 1. The number of amides is 1. The third-order valence-electron chi connectivity index (χ3n) is 2.45. The molecule has 2 N–H and O–H groups in total. The van der Waals surface area contributed by atoms with Crippen molar-refractivity contribution in [1.29, 1.82) is 0 Å². The summed E-state index contributed by atoms with van der Waals surface area (Å²) in [4.78, 5) is 26.4. The van der Waals surface area contributed by atoms with Crippen LogP contribution in [0.5, 0.6) is 0 Å². The number of hydrogen-bond donors (Lipinski definition) is 2. The quantitative estimate of drug-likeness (QED) is 0.898. The molecule has 1 aromatic heterocycles. The van der Waals surface area contributed by atoms with E-state index in [0.717, 1.165) is 22.5 Å². The smallest absolute Gasteiger partial charge is 0.347 e. The SMILES string of the molecule is Cc1ccc(CC(=O)Nc2ncc(C(=O)O)s2)cc1. The summed E-state index contributed by atoms with van der Waals surface area (Å²) in [5.74, 6) is -1.26. The topological polar surface area (TPSA) is 79.3 Å². The van der Waals surface area contributed by atoms with Gasteiger partial charge in [0, 0.05) is 0 Å². The van der Waals surface area contributed by atoms with Crippen molar-refractivity contribution in [2.24, 2.45) is 0 Å². The van der Waals surface area contributed by atoms with E-state index in [4.69, 9.17) is 5.11 Å². The van der Waals surface area contributed by atoms with Crippen molar-refractivity contribution < 1.29 is 14.7 Å². The average Bonchev–Trinajstić information content (AvgIpc) is 2.80. The first kappa shape index (κ1) is 13.2. The molecule has 0 radical (unpaired) electrons. The summed E-state index contributed by atoms with van der Waals surface area (Å²) in [5, 5.41) is 11.6. The number of nitrogens with zero attached hydrogens (tertiary/aromatic N) is 1. The van der Waals surface area contributed by atoms with Gasteiger partial charge < -0.3 is 10.4 Å². The lowest BCUT2D eigenvalue weighted by atomic mass is 10.1. The number of aryl methyl sites for hydroxylation is 1. The van der Waals surface area contributed by atoms with E-state index in [0.29, 0.717) is 5.13 Å². The molecule has 19 heavy (non-hydrogen) atoms. The van der Waals surface area contributed by atoms with Crippen LogP contribution in [0.4, 0.5) is 5.13 Å². The summed E-state index contributed by atoms with van der Waals surface area (Å²) in [5.41, 5.74) is 2.04. The van der Waals surface area contributed by atoms with Gasteiger partial charge in [0.05, 0.1) is 12.6 Å². The van der Waals surface area contributed by atoms with Gasteiger partial charge in [0.25, 0.3) is 0 Å². The molecule has 0 bridgehead atoms. The highest BCUT2D eigenvalue weighted by molar-refractivity contribution is 7.17. The Morgan fingerprint density at radius 2 is 2.00 bits per heavy atom. The number of nitrogens with one attached hydrogen (secondary N) is 1. The number of carbonyl (C=O) groups excluding carboxylic acids is 1. The van der Waals surface area contributed by atoms with Crippen molar-refractivity contribution in [1.82, 2.24) is 4.98 Å². The second-order valence-electron chi connectivity index (χ2n) is 4.05. The van der Waals surface area contributed by atoms with Crippen molar-refractivity contribution in [3.8, 4) is 0 Å². The molecule has 98 valence electrons. The highest BCUT2D eigenvalue weighted by Gasteiger charge is 2.11. The molecular weight excluding hydrogens is 264 g/mol. The number of hydrogen-bond acceptors (Lipinski definition) is 4. The number of carbonyl (C=O) groups is 2. The maximum absolute atomic E-state index is 11.8. The molecule has 0 saturated carbocycles. The summed E-state index contributed by atoms with van der Waals surface area (Å²) in [6.45, 7) is 1.98. The van der Waals surface area contributed by atoms with E-state index >= 15 is 0 Å². The Labute approximate surface area is 113 Å². The van der Waals surface area contributed by atoms with Gasteiger partial charge in [-0.1, -0.05) is 41.2 Å². The van der Waals surface area contributed by atoms with E-state index in [1.165, 1.54) is 6.20 Å². The minimum Gasteiger partial charge on any atom is -0.477 e. The Kier molecular flexibility index (Phi) is 3.91. The molecular formula is C13H12N2O3S. The first-order valence-corrected chi connectivity index (χ1v) is 6.41. The number of aromatic carboxylic acids is 1. The molecule has 1 heterocycles. The highest BCUT2D eigenvalue weighted by atomic mass is 32.1. The van der Waals surface area contributed by atoms with Gasteiger partial charge in [-0.3, -0.25) is 4.79 Å². The monoisotopic (exact) mass is 276 g/mol. The first-order valence-electron chi connectivity index (χ1n) is 5.59. The highest BCUT2D eigenvalue weighted by Crippen LogP contribution is 2.18. The Bertz CT molecular complexity index is 605. The number of carboxylic acids is 1. The van der Waals surface area contributed by atoms with Crippen LogP contribution in [0.25, 0.3) is 0 Å². The van der Waals surface area contributed by atoms with Crippen LogP contribution in [0, 0.1) is 6.92 Å². The second kappa shape index (κ2) is 5.62. The molecule has 0 aliphatic rings. The van der Waals surface area contributed by atoms with Crippen molar-refractivity contribution in [2.75, 3.05) is 5.32 Å². The summed E-state index contributed by atoms with van der Waals surface area (Å²) >= 11 is 0.940. The molecule has 0 aliphatic heterocycles. The molecule has 2 rings (SSSR count). The number of aromatic nitrogens is 1. The van der Waals surface area contributed by atoms with Crippen LogP contribution in [-0.4, -0.2) is 22.0 Å². The van der Waals surface area contributed by atoms with Crippen molar-refractivity contribution >= 4 is 28.3 Å². The van der Waals surface area contributed by atoms with Crippen LogP contribution < -0.4 is 5.32 Å². The molecule has 0 unspecified atom stereocenters. The molecule has 0 fully saturated rings. The van der Waals surface area contributed by atoms with E-state index < -0.39 is 5.97 Å². The van der Waals surface area contributed by atoms with Crippen LogP contribution in [-0.2, 0) is 11.2 Å². The lowest BCUT2D eigenvalue weighted by molar-refractivity contribution is -0.115.